The third-order valence-electron chi connectivity index (χ3n) is 3.05. The van der Waals surface area contributed by atoms with E-state index < -0.39 is 0 Å². The maximum atomic E-state index is 12.4. The van der Waals surface area contributed by atoms with E-state index in [9.17, 15) is 4.79 Å². The van der Waals surface area contributed by atoms with Gasteiger partial charge in [0.05, 0.1) is 13.2 Å². The zero-order chi connectivity index (χ0) is 13.7. The number of carbonyl (C=O) groups excluding carboxylic acids is 1. The first-order valence-corrected chi connectivity index (χ1v) is 8.00. The summed E-state index contributed by atoms with van der Waals surface area (Å²) in [5.74, 6) is 0.0825. The fraction of sp³-hybridized carbons (Fsp3) is 0.615. The van der Waals surface area contributed by atoms with Gasteiger partial charge in [0.15, 0.2) is 0 Å². The summed E-state index contributed by atoms with van der Waals surface area (Å²) in [6, 6.07) is 2.05. The quantitative estimate of drug-likeness (QED) is 0.793. The molecule has 0 aromatic carbocycles. The van der Waals surface area contributed by atoms with Gasteiger partial charge < -0.3 is 14.4 Å². The molecule has 106 valence electrons. The van der Waals surface area contributed by atoms with Crippen molar-refractivity contribution >= 4 is 33.2 Å². The molecule has 1 aromatic rings. The number of hydrogen-bond acceptors (Lipinski definition) is 4. The first-order valence-electron chi connectivity index (χ1n) is 6.33. The lowest BCUT2D eigenvalue weighted by Gasteiger charge is -2.24. The smallest absolute Gasteiger partial charge is 0.252 e. The molecule has 1 atom stereocenters. The minimum absolute atomic E-state index is 0.0825. The predicted molar refractivity (Wildman–Crippen MR) is 78.3 cm³/mol. The molecule has 6 heteroatoms. The van der Waals surface area contributed by atoms with Gasteiger partial charge in [-0.05, 0) is 34.8 Å². The third kappa shape index (κ3) is 4.27. The molecule has 0 bridgehead atoms. The number of ether oxygens (including phenoxy) is 2. The number of halogens is 1. The minimum Gasteiger partial charge on any atom is -0.383 e. The van der Waals surface area contributed by atoms with Gasteiger partial charge in [-0.25, -0.2) is 0 Å². The maximum Gasteiger partial charge on any atom is 0.252 e. The van der Waals surface area contributed by atoms with Crippen molar-refractivity contribution in [1.29, 1.82) is 0 Å². The summed E-state index contributed by atoms with van der Waals surface area (Å²) in [6.45, 7) is 2.47. The zero-order valence-corrected chi connectivity index (χ0v) is 13.3. The maximum absolute atomic E-state index is 12.4. The first kappa shape index (κ1) is 15.0. The summed E-state index contributed by atoms with van der Waals surface area (Å²) in [7, 11) is 1.65. The third-order valence-corrected chi connectivity index (χ3v) is 4.73. The summed E-state index contributed by atoms with van der Waals surface area (Å²) >= 11 is 5.08. The molecule has 0 unspecified atom stereocenters. The highest BCUT2D eigenvalue weighted by atomic mass is 79.9. The molecule has 1 saturated heterocycles. The highest BCUT2D eigenvalue weighted by Gasteiger charge is 2.28. The van der Waals surface area contributed by atoms with Gasteiger partial charge in [0.1, 0.15) is 6.10 Å². The largest absolute Gasteiger partial charge is 0.383 e. The molecule has 0 N–H and O–H groups in total. The fourth-order valence-corrected chi connectivity index (χ4v) is 3.54. The van der Waals surface area contributed by atoms with Crippen LogP contribution in [0.4, 0.5) is 0 Å². The summed E-state index contributed by atoms with van der Waals surface area (Å²) in [5, 5.41) is 2.03. The van der Waals surface area contributed by atoms with E-state index in [0.29, 0.717) is 26.3 Å². The van der Waals surface area contributed by atoms with E-state index in [1.807, 2.05) is 16.3 Å². The standard InChI is InChI=1S/C13H18BrNO3S/c1-17-6-4-15(8-11-7-10(14)9-19-11)13(16)12-3-2-5-18-12/h7,9,12H,2-6,8H2,1H3/t12-/m0/s1. The number of rotatable bonds is 6. The van der Waals surface area contributed by atoms with Crippen molar-refractivity contribution in [2.45, 2.75) is 25.5 Å². The van der Waals surface area contributed by atoms with E-state index in [-0.39, 0.29) is 12.0 Å². The molecule has 1 fully saturated rings. The molecule has 4 nitrogen and oxygen atoms in total. The van der Waals surface area contributed by atoms with Crippen molar-refractivity contribution in [2.24, 2.45) is 0 Å². The number of methoxy groups -OCH3 is 1. The van der Waals surface area contributed by atoms with E-state index in [1.54, 1.807) is 18.4 Å². The Bertz CT molecular complexity index is 418. The van der Waals surface area contributed by atoms with Crippen LogP contribution in [0.5, 0.6) is 0 Å². The fourth-order valence-electron chi connectivity index (χ4n) is 2.07. The summed E-state index contributed by atoms with van der Waals surface area (Å²) < 4.78 is 11.6. The van der Waals surface area contributed by atoms with Gasteiger partial charge in [-0.3, -0.25) is 4.79 Å². The number of thiophene rings is 1. The van der Waals surface area contributed by atoms with Gasteiger partial charge in [0, 0.05) is 35.0 Å². The van der Waals surface area contributed by atoms with Crippen molar-refractivity contribution in [2.75, 3.05) is 26.9 Å². The molecule has 0 spiro atoms. The second-order valence-corrected chi connectivity index (χ2v) is 6.40. The molecule has 2 heterocycles. The highest BCUT2D eigenvalue weighted by molar-refractivity contribution is 9.10. The molecule has 1 amide bonds. The van der Waals surface area contributed by atoms with E-state index in [1.165, 1.54) is 0 Å². The lowest BCUT2D eigenvalue weighted by molar-refractivity contribution is -0.142. The Morgan fingerprint density at radius 2 is 2.53 bits per heavy atom. The lowest BCUT2D eigenvalue weighted by atomic mass is 10.2. The second kappa shape index (κ2) is 7.38. The van der Waals surface area contributed by atoms with Crippen LogP contribution < -0.4 is 0 Å². The van der Waals surface area contributed by atoms with Crippen LogP contribution in [0.3, 0.4) is 0 Å². The molecule has 1 aliphatic rings. The van der Waals surface area contributed by atoms with Crippen molar-refractivity contribution in [3.05, 3.63) is 20.8 Å². The van der Waals surface area contributed by atoms with E-state index in [4.69, 9.17) is 9.47 Å². The van der Waals surface area contributed by atoms with Gasteiger partial charge in [0.2, 0.25) is 0 Å². The van der Waals surface area contributed by atoms with Crippen LogP contribution in [0.1, 0.15) is 17.7 Å². The van der Waals surface area contributed by atoms with E-state index in [0.717, 1.165) is 22.2 Å². The Balaban J connectivity index is 1.99. The van der Waals surface area contributed by atoms with Crippen molar-refractivity contribution in [1.82, 2.24) is 4.90 Å². The van der Waals surface area contributed by atoms with Gasteiger partial charge in [-0.15, -0.1) is 11.3 Å². The van der Waals surface area contributed by atoms with Crippen LogP contribution >= 0.6 is 27.3 Å². The highest BCUT2D eigenvalue weighted by Crippen LogP contribution is 2.22. The zero-order valence-electron chi connectivity index (χ0n) is 10.9. The Labute approximate surface area is 125 Å². The Kier molecular flexibility index (Phi) is 5.81. The number of amides is 1. The molecule has 1 aliphatic heterocycles. The molecule has 19 heavy (non-hydrogen) atoms. The molecule has 1 aromatic heterocycles. The SMILES string of the molecule is COCCN(Cc1cc(Br)cs1)C(=O)[C@@H]1CCCO1. The Hall–Kier alpha value is -0.430. The van der Waals surface area contributed by atoms with Gasteiger partial charge in [0.25, 0.3) is 5.91 Å². The topological polar surface area (TPSA) is 38.8 Å². The van der Waals surface area contributed by atoms with Crippen molar-refractivity contribution in [3.63, 3.8) is 0 Å². The van der Waals surface area contributed by atoms with Crippen LogP contribution in [0.2, 0.25) is 0 Å². The summed E-state index contributed by atoms with van der Waals surface area (Å²) in [6.07, 6.45) is 1.54. The number of hydrogen-bond donors (Lipinski definition) is 0. The van der Waals surface area contributed by atoms with Gasteiger partial charge >= 0.3 is 0 Å². The molecular formula is C13H18BrNO3S. The minimum atomic E-state index is -0.264. The monoisotopic (exact) mass is 347 g/mol. The Morgan fingerprint density at radius 1 is 1.68 bits per heavy atom. The molecular weight excluding hydrogens is 330 g/mol. The number of nitrogens with zero attached hydrogens (tertiary/aromatic N) is 1. The molecule has 2 rings (SSSR count). The van der Waals surface area contributed by atoms with Crippen LogP contribution in [-0.4, -0.2) is 43.8 Å². The van der Waals surface area contributed by atoms with Crippen LogP contribution in [0, 0.1) is 0 Å². The van der Waals surface area contributed by atoms with Crippen LogP contribution in [-0.2, 0) is 20.8 Å². The summed E-state index contributed by atoms with van der Waals surface area (Å²) in [4.78, 5) is 15.4. The van der Waals surface area contributed by atoms with E-state index >= 15 is 0 Å². The molecule has 0 aliphatic carbocycles. The van der Waals surface area contributed by atoms with Crippen molar-refractivity contribution in [3.8, 4) is 0 Å². The average molecular weight is 348 g/mol. The molecule has 0 radical (unpaired) electrons. The predicted octanol–water partition coefficient (Wildman–Crippen LogP) is 2.66. The Morgan fingerprint density at radius 3 is 3.11 bits per heavy atom. The van der Waals surface area contributed by atoms with Crippen LogP contribution in [0.15, 0.2) is 15.9 Å². The van der Waals surface area contributed by atoms with Gasteiger partial charge in [-0.1, -0.05) is 0 Å². The average Bonchev–Trinajstić information content (AvgIpc) is 3.05. The normalized spacial score (nSPS) is 18.7. The van der Waals surface area contributed by atoms with E-state index in [2.05, 4.69) is 15.9 Å². The molecule has 0 saturated carbocycles. The lowest BCUT2D eigenvalue weighted by Crippen LogP contribution is -2.40. The van der Waals surface area contributed by atoms with Crippen LogP contribution in [0.25, 0.3) is 0 Å². The first-order chi connectivity index (χ1) is 9.20. The van der Waals surface area contributed by atoms with Crippen molar-refractivity contribution < 1.29 is 14.3 Å². The second-order valence-electron chi connectivity index (χ2n) is 4.49. The number of carbonyl (C=O) groups is 1. The summed E-state index contributed by atoms with van der Waals surface area (Å²) in [5.41, 5.74) is 0. The van der Waals surface area contributed by atoms with Gasteiger partial charge in [-0.2, -0.15) is 0 Å².